The third-order valence-corrected chi connectivity index (χ3v) is 3.94. The molecule has 0 saturated heterocycles. The molecule has 0 fully saturated rings. The average Bonchev–Trinajstić information content (AvgIpc) is 3.09. The highest BCUT2D eigenvalue weighted by atomic mass is 19.4. The number of nitrogens with zero attached hydrogens (tertiary/aromatic N) is 3. The lowest BCUT2D eigenvalue weighted by molar-refractivity contribution is -0.137. The van der Waals surface area contributed by atoms with Crippen LogP contribution in [0.3, 0.4) is 0 Å². The number of halogens is 6. The van der Waals surface area contributed by atoms with Crippen molar-refractivity contribution in [2.75, 3.05) is 0 Å². The summed E-state index contributed by atoms with van der Waals surface area (Å²) in [6.07, 6.45) is -8.16. The lowest BCUT2D eigenvalue weighted by Gasteiger charge is -2.11. The fourth-order valence-corrected chi connectivity index (χ4v) is 2.71. The molecule has 5 nitrogen and oxygen atoms in total. The molecule has 0 unspecified atom stereocenters. The number of benzene rings is 2. The molecule has 156 valence electrons. The van der Waals surface area contributed by atoms with E-state index in [0.29, 0.717) is 10.8 Å². The summed E-state index contributed by atoms with van der Waals surface area (Å²) in [7, 11) is 0. The smallest absolute Gasteiger partial charge is 0.417 e. The highest BCUT2D eigenvalue weighted by Gasteiger charge is 2.36. The summed E-state index contributed by atoms with van der Waals surface area (Å²) in [5, 5.41) is 12.6. The number of hydrogen-bond acceptors (Lipinski definition) is 3. The van der Waals surface area contributed by atoms with E-state index >= 15 is 0 Å². The largest absolute Gasteiger partial charge is 0.478 e. The number of carbonyl (C=O) groups is 1. The monoisotopic (exact) mass is 427 g/mol. The number of rotatable bonds is 4. The molecule has 0 bridgehead atoms. The number of aliphatic carboxylic acids is 1. The van der Waals surface area contributed by atoms with Crippen molar-refractivity contribution >= 4 is 12.2 Å². The fraction of sp³-hybridized carbons (Fsp3) is 0.105. The van der Waals surface area contributed by atoms with Crippen LogP contribution < -0.4 is 0 Å². The van der Waals surface area contributed by atoms with Gasteiger partial charge in [-0.1, -0.05) is 36.4 Å². The van der Waals surface area contributed by atoms with Gasteiger partial charge in [0.05, 0.1) is 11.1 Å². The lowest BCUT2D eigenvalue weighted by Crippen LogP contribution is -2.08. The molecular weight excluding hydrogens is 416 g/mol. The van der Waals surface area contributed by atoms with Crippen LogP contribution in [0, 0.1) is 0 Å². The van der Waals surface area contributed by atoms with E-state index in [0.717, 1.165) is 42.6 Å². The van der Waals surface area contributed by atoms with Gasteiger partial charge in [-0.15, -0.1) is 5.10 Å². The Kier molecular flexibility index (Phi) is 5.38. The van der Waals surface area contributed by atoms with Crippen LogP contribution in [-0.4, -0.2) is 25.8 Å². The van der Waals surface area contributed by atoms with Gasteiger partial charge in [0.25, 0.3) is 0 Å². The third kappa shape index (κ3) is 4.34. The van der Waals surface area contributed by atoms with E-state index in [-0.39, 0.29) is 0 Å². The molecule has 0 spiro atoms. The Balaban J connectivity index is 2.27. The van der Waals surface area contributed by atoms with E-state index in [1.165, 1.54) is 12.1 Å². The summed E-state index contributed by atoms with van der Waals surface area (Å²) in [5.74, 6) is -2.41. The number of carboxylic acid groups (broad SMARTS) is 1. The van der Waals surface area contributed by atoms with Gasteiger partial charge in [0.2, 0.25) is 0 Å². The first kappa shape index (κ1) is 21.1. The highest BCUT2D eigenvalue weighted by Crippen LogP contribution is 2.39. The number of aromatic nitrogens is 3. The number of alkyl halides is 6. The van der Waals surface area contributed by atoms with Crippen molar-refractivity contribution in [2.24, 2.45) is 0 Å². The summed E-state index contributed by atoms with van der Waals surface area (Å²) >= 11 is 0. The summed E-state index contributed by atoms with van der Waals surface area (Å²) < 4.78 is 80.9. The van der Waals surface area contributed by atoms with Gasteiger partial charge in [-0.3, -0.25) is 0 Å². The maximum atomic E-state index is 13.4. The van der Waals surface area contributed by atoms with Gasteiger partial charge < -0.3 is 5.11 Å². The van der Waals surface area contributed by atoms with Crippen molar-refractivity contribution in [3.05, 3.63) is 65.7 Å². The molecule has 0 amide bonds. The molecule has 0 aliphatic rings. The van der Waals surface area contributed by atoms with E-state index in [4.69, 9.17) is 5.11 Å². The van der Waals surface area contributed by atoms with Crippen molar-refractivity contribution in [1.29, 1.82) is 0 Å². The van der Waals surface area contributed by atoms with Crippen LogP contribution in [-0.2, 0) is 17.1 Å². The summed E-state index contributed by atoms with van der Waals surface area (Å²) in [4.78, 5) is 14.7. The lowest BCUT2D eigenvalue weighted by atomic mass is 10.1. The first-order chi connectivity index (χ1) is 14.0. The maximum absolute atomic E-state index is 13.4. The van der Waals surface area contributed by atoms with Gasteiger partial charge in [0.1, 0.15) is 0 Å². The van der Waals surface area contributed by atoms with Gasteiger partial charge in [-0.2, -0.15) is 26.3 Å². The van der Waals surface area contributed by atoms with E-state index in [1.54, 1.807) is 0 Å². The molecule has 0 saturated carbocycles. The quantitative estimate of drug-likeness (QED) is 0.459. The zero-order valence-electron chi connectivity index (χ0n) is 14.7. The second kappa shape index (κ2) is 7.65. The Bertz CT molecular complexity index is 1120. The summed E-state index contributed by atoms with van der Waals surface area (Å²) in [6.45, 7) is 0. The van der Waals surface area contributed by atoms with E-state index in [9.17, 15) is 31.1 Å². The van der Waals surface area contributed by atoms with Crippen LogP contribution in [0.1, 0.15) is 11.1 Å². The normalized spacial score (nSPS) is 12.5. The zero-order valence-corrected chi connectivity index (χ0v) is 14.7. The van der Waals surface area contributed by atoms with Crippen molar-refractivity contribution in [3.8, 4) is 22.8 Å². The van der Waals surface area contributed by atoms with E-state index < -0.39 is 52.2 Å². The molecule has 0 aliphatic carbocycles. The van der Waals surface area contributed by atoms with Gasteiger partial charge in [0, 0.05) is 23.4 Å². The van der Waals surface area contributed by atoms with Crippen molar-refractivity contribution in [2.45, 2.75) is 12.4 Å². The molecule has 1 N–H and O–H groups in total. The second-order valence-electron chi connectivity index (χ2n) is 5.94. The van der Waals surface area contributed by atoms with E-state index in [1.807, 2.05) is 0 Å². The Morgan fingerprint density at radius 1 is 0.867 bits per heavy atom. The molecule has 0 aliphatic heterocycles. The van der Waals surface area contributed by atoms with Crippen LogP contribution in [0.5, 0.6) is 0 Å². The molecule has 3 aromatic rings. The highest BCUT2D eigenvalue weighted by molar-refractivity contribution is 5.83. The second-order valence-corrected chi connectivity index (χ2v) is 5.94. The minimum Gasteiger partial charge on any atom is -0.478 e. The van der Waals surface area contributed by atoms with Crippen molar-refractivity contribution in [1.82, 2.24) is 14.8 Å². The molecule has 30 heavy (non-hydrogen) atoms. The summed E-state index contributed by atoms with van der Waals surface area (Å²) in [6, 6.07) is 8.56. The predicted octanol–water partition coefficient (Wildman–Crippen LogP) is 5.21. The summed E-state index contributed by atoms with van der Waals surface area (Å²) in [5.41, 5.74) is -3.11. The van der Waals surface area contributed by atoms with Gasteiger partial charge in [-0.25, -0.2) is 14.5 Å². The Morgan fingerprint density at radius 3 is 1.90 bits per heavy atom. The number of carboxylic acids is 1. The van der Waals surface area contributed by atoms with Crippen molar-refractivity contribution < 1.29 is 36.2 Å². The molecule has 0 atom stereocenters. The standard InChI is InChI=1S/C19H11F6N3O2/c20-18(21,22)13-7-3-1-5-11(13)16-26-17(28(27-16)10-9-15(29)30)12-6-2-4-8-14(12)19(23,24)25/h1-10H,(H,29,30)/b10-9+. The molecule has 3 rings (SSSR count). The topological polar surface area (TPSA) is 68.0 Å². The van der Waals surface area contributed by atoms with Crippen LogP contribution in [0.4, 0.5) is 26.3 Å². The van der Waals surface area contributed by atoms with Gasteiger partial charge >= 0.3 is 18.3 Å². The molecule has 2 aromatic carbocycles. The van der Waals surface area contributed by atoms with Crippen LogP contribution >= 0.6 is 0 Å². The van der Waals surface area contributed by atoms with Gasteiger partial charge in [0.15, 0.2) is 11.6 Å². The molecule has 1 aromatic heterocycles. The van der Waals surface area contributed by atoms with Crippen LogP contribution in [0.2, 0.25) is 0 Å². The molecule has 1 heterocycles. The van der Waals surface area contributed by atoms with E-state index in [2.05, 4.69) is 10.1 Å². The van der Waals surface area contributed by atoms with Gasteiger partial charge in [-0.05, 0) is 12.1 Å². The average molecular weight is 427 g/mol. The molecular formula is C19H11F6N3O2. The zero-order chi connectivity index (χ0) is 22.1. The maximum Gasteiger partial charge on any atom is 0.417 e. The van der Waals surface area contributed by atoms with Crippen molar-refractivity contribution in [3.63, 3.8) is 0 Å². The van der Waals surface area contributed by atoms with Crippen LogP contribution in [0.15, 0.2) is 54.6 Å². The molecule has 0 radical (unpaired) electrons. The fourth-order valence-electron chi connectivity index (χ4n) is 2.71. The Hall–Kier alpha value is -3.63. The minimum absolute atomic E-state index is 0.460. The number of hydrogen-bond donors (Lipinski definition) is 1. The Labute approximate surface area is 164 Å². The minimum atomic E-state index is -4.78. The SMILES string of the molecule is O=C(O)/C=C/n1nc(-c2ccccc2C(F)(F)F)nc1-c1ccccc1C(F)(F)F. The molecule has 11 heteroatoms. The first-order valence-electron chi connectivity index (χ1n) is 8.19. The predicted molar refractivity (Wildman–Crippen MR) is 93.9 cm³/mol. The Morgan fingerprint density at radius 2 is 1.37 bits per heavy atom. The third-order valence-electron chi connectivity index (χ3n) is 3.94. The van der Waals surface area contributed by atoms with Crippen LogP contribution in [0.25, 0.3) is 29.0 Å². The first-order valence-corrected chi connectivity index (χ1v) is 8.19.